The summed E-state index contributed by atoms with van der Waals surface area (Å²) in [7, 11) is -1.98. The van der Waals surface area contributed by atoms with Crippen LogP contribution in [0.2, 0.25) is 0 Å². The van der Waals surface area contributed by atoms with Gasteiger partial charge in [0.2, 0.25) is 10.0 Å². The van der Waals surface area contributed by atoms with Crippen molar-refractivity contribution < 1.29 is 62.3 Å². The van der Waals surface area contributed by atoms with Gasteiger partial charge in [0, 0.05) is 67.7 Å². The van der Waals surface area contributed by atoms with E-state index in [2.05, 4.69) is 36.1 Å². The highest BCUT2D eigenvalue weighted by atomic mass is 32.2. The maximum atomic E-state index is 15.4. The van der Waals surface area contributed by atoms with Gasteiger partial charge in [-0.25, -0.2) is 32.4 Å². The fourth-order valence-electron chi connectivity index (χ4n) is 6.79. The Morgan fingerprint density at radius 3 is 1.98 bits per heavy atom. The molecule has 5 N–H and O–H groups in total. The van der Waals surface area contributed by atoms with E-state index in [4.69, 9.17) is 15.9 Å². The van der Waals surface area contributed by atoms with Gasteiger partial charge >= 0.3 is 11.9 Å². The van der Waals surface area contributed by atoms with E-state index in [9.17, 15) is 47.7 Å². The fraction of sp³-hybridized carbons (Fsp3) is 0.308. The molecule has 1 saturated heterocycles. The Balaban J connectivity index is 0.000000420. The number of aromatic carboxylic acids is 1. The van der Waals surface area contributed by atoms with Crippen molar-refractivity contribution in [1.82, 2.24) is 24.3 Å². The summed E-state index contributed by atoms with van der Waals surface area (Å²) >= 11 is 0. The molecule has 0 atom stereocenters. The van der Waals surface area contributed by atoms with Gasteiger partial charge in [0.1, 0.15) is 23.6 Å². The molecule has 2 fully saturated rings. The van der Waals surface area contributed by atoms with Crippen molar-refractivity contribution in [1.29, 1.82) is 0 Å². The standard InChI is InChI=1S/C31H36FN7O4S.2C4H4O4/c1-37-12-14-38(15-13-37)22-7-9-23(10-8-22)39-17-25(28-29(33)34-19-35-30(28)39)20-6-11-27(26(32)16-20)36-44(42,43)18-21-4-2-3-5-24(21)31(40)41;2*5-3(6)1-2-4(7)8/h2-6,11,16-17,19,22-23,36H,7-10,12-15,18H2,1H3,(H,40,41)(H2,33,34,35);2*1-2H,(H,5,6)(H,7,8)/p-3/b;2*2-1-. The van der Waals surface area contributed by atoms with Crippen LogP contribution in [-0.2, 0) is 35.0 Å². The van der Waals surface area contributed by atoms with Gasteiger partial charge in [-0.2, -0.15) is 0 Å². The molecular weight excluding hydrogens is 810 g/mol. The summed E-state index contributed by atoms with van der Waals surface area (Å²) in [5.41, 5.74) is 7.72. The molecule has 0 bridgehead atoms. The fourth-order valence-corrected chi connectivity index (χ4v) is 8.03. The van der Waals surface area contributed by atoms with Crippen molar-refractivity contribution in [3.05, 3.63) is 96.2 Å². The van der Waals surface area contributed by atoms with Crippen molar-refractivity contribution in [2.45, 2.75) is 43.5 Å². The summed E-state index contributed by atoms with van der Waals surface area (Å²) in [6.07, 6.45) is 9.41. The first-order valence-electron chi connectivity index (χ1n) is 18.2. The number of hydrogen-bond donors (Lipinski definition) is 4. The number of nitrogens with one attached hydrogen (secondary N) is 1. The number of carbonyl (C=O) groups is 5. The number of sulfonamides is 1. The molecule has 6 rings (SSSR count). The first-order valence-corrected chi connectivity index (χ1v) is 19.9. The van der Waals surface area contributed by atoms with Crippen LogP contribution in [0.3, 0.4) is 0 Å². The largest absolute Gasteiger partial charge is 0.545 e. The molecule has 0 spiro atoms. The number of likely N-dealkylation sites (N-methyl/N-ethyl adjacent to an activating group) is 1. The monoisotopic (exact) mass is 850 g/mol. The number of carboxylic acids is 5. The van der Waals surface area contributed by atoms with E-state index in [1.54, 1.807) is 6.07 Å². The van der Waals surface area contributed by atoms with Gasteiger partial charge < -0.3 is 55.1 Å². The van der Waals surface area contributed by atoms with Gasteiger partial charge in [-0.1, -0.05) is 30.3 Å². The number of carboxylic acid groups (broad SMARTS) is 5. The number of fused-ring (bicyclic) bond motifs is 1. The SMILES string of the molecule is CN1CCN(C2CCC(n3cc(-c4ccc(NS(=O)(=O)Cc5ccccc5C(=O)[O-])c(F)c4)c4c(N)ncnc43)CC2)CC1.O=C([O-])/C=C\C(=O)O.O=C([O-])/C=C\C(=O)O. The highest BCUT2D eigenvalue weighted by Gasteiger charge is 2.30. The summed E-state index contributed by atoms with van der Waals surface area (Å²) in [4.78, 5) is 63.0. The molecule has 320 valence electrons. The molecule has 0 radical (unpaired) electrons. The Kier molecular flexibility index (Phi) is 16.0. The second-order valence-corrected chi connectivity index (χ2v) is 15.4. The van der Waals surface area contributed by atoms with Crippen LogP contribution >= 0.6 is 0 Å². The predicted octanol–water partition coefficient (Wildman–Crippen LogP) is -0.390. The quantitative estimate of drug-likeness (QED) is 0.132. The molecule has 2 aromatic heterocycles. The molecule has 0 unspecified atom stereocenters. The van der Waals surface area contributed by atoms with Crippen LogP contribution in [0.15, 0.2) is 79.3 Å². The molecule has 1 aliphatic heterocycles. The molecule has 60 heavy (non-hydrogen) atoms. The van der Waals surface area contributed by atoms with Gasteiger partial charge in [0.15, 0.2) is 0 Å². The molecule has 2 aliphatic rings. The van der Waals surface area contributed by atoms with Gasteiger partial charge in [-0.15, -0.1) is 0 Å². The lowest BCUT2D eigenvalue weighted by Crippen LogP contribution is -2.49. The minimum atomic E-state index is -4.14. The third-order valence-corrected chi connectivity index (χ3v) is 10.8. The minimum absolute atomic E-state index is 0.0397. The number of hydrogen-bond acceptors (Lipinski definition) is 15. The first kappa shape index (κ1) is 46.0. The van der Waals surface area contributed by atoms with Crippen LogP contribution in [0.5, 0.6) is 0 Å². The van der Waals surface area contributed by atoms with Crippen LogP contribution in [0.4, 0.5) is 15.9 Å². The van der Waals surface area contributed by atoms with Crippen LogP contribution in [0.1, 0.15) is 47.6 Å². The third-order valence-electron chi connectivity index (χ3n) is 9.60. The van der Waals surface area contributed by atoms with Crippen molar-refractivity contribution >= 4 is 62.4 Å². The molecule has 0 amide bonds. The lowest BCUT2D eigenvalue weighted by Gasteiger charge is -2.41. The molecule has 21 heteroatoms. The Bertz CT molecular complexity index is 2320. The zero-order valence-corrected chi connectivity index (χ0v) is 32.9. The van der Waals surface area contributed by atoms with Crippen LogP contribution in [0, 0.1) is 5.82 Å². The number of benzene rings is 2. The zero-order chi connectivity index (χ0) is 44.1. The molecule has 2 aromatic carbocycles. The average Bonchev–Trinajstić information content (AvgIpc) is 3.59. The zero-order valence-electron chi connectivity index (χ0n) is 32.1. The van der Waals surface area contributed by atoms with Crippen molar-refractivity contribution in [3.8, 4) is 11.1 Å². The van der Waals surface area contributed by atoms with Crippen molar-refractivity contribution in [3.63, 3.8) is 0 Å². The number of nitrogen functional groups attached to an aromatic ring is 1. The number of aromatic nitrogens is 3. The van der Waals surface area contributed by atoms with Gasteiger partial charge in [-0.05, 0) is 68.1 Å². The van der Waals surface area contributed by atoms with Crippen molar-refractivity contribution in [2.75, 3.05) is 43.7 Å². The molecule has 1 saturated carbocycles. The van der Waals surface area contributed by atoms with E-state index < -0.39 is 51.4 Å². The number of aliphatic carboxylic acids is 4. The van der Waals surface area contributed by atoms with E-state index >= 15 is 4.39 Å². The Morgan fingerprint density at radius 1 is 0.867 bits per heavy atom. The summed E-state index contributed by atoms with van der Waals surface area (Å²) in [6, 6.07) is 10.6. The normalized spacial score (nSPS) is 17.3. The lowest BCUT2D eigenvalue weighted by atomic mass is 9.89. The number of nitrogens with zero attached hydrogens (tertiary/aromatic N) is 5. The van der Waals surface area contributed by atoms with Crippen molar-refractivity contribution in [2.24, 2.45) is 0 Å². The molecule has 19 nitrogen and oxygen atoms in total. The number of carbonyl (C=O) groups excluding carboxylic acids is 3. The van der Waals surface area contributed by atoms with E-state index in [0.717, 1.165) is 51.9 Å². The second kappa shape index (κ2) is 20.8. The summed E-state index contributed by atoms with van der Waals surface area (Å²) in [6.45, 7) is 4.37. The molecular formula is C39H41FN7O12S-3. The molecule has 4 aromatic rings. The highest BCUT2D eigenvalue weighted by Crippen LogP contribution is 2.39. The van der Waals surface area contributed by atoms with Crippen LogP contribution in [-0.4, -0.2) is 112 Å². The predicted molar refractivity (Wildman–Crippen MR) is 208 cm³/mol. The Morgan fingerprint density at radius 2 is 1.45 bits per heavy atom. The Labute approximate surface area is 342 Å². The number of halogens is 1. The number of piperazine rings is 1. The topological polar surface area (TPSA) is 304 Å². The summed E-state index contributed by atoms with van der Waals surface area (Å²) < 4.78 is 45.5. The number of anilines is 2. The summed E-state index contributed by atoms with van der Waals surface area (Å²) in [5, 5.41) is 46.5. The maximum Gasteiger partial charge on any atom is 0.328 e. The second-order valence-electron chi connectivity index (χ2n) is 13.7. The van der Waals surface area contributed by atoms with Crippen LogP contribution < -0.4 is 25.8 Å². The van der Waals surface area contributed by atoms with E-state index in [1.165, 1.54) is 42.7 Å². The first-order chi connectivity index (χ1) is 28.3. The van der Waals surface area contributed by atoms with E-state index in [1.807, 2.05) is 6.20 Å². The lowest BCUT2D eigenvalue weighted by molar-refractivity contribution is -0.298. The molecule has 1 aliphatic carbocycles. The van der Waals surface area contributed by atoms with Gasteiger partial charge in [-0.3, -0.25) is 9.62 Å². The highest BCUT2D eigenvalue weighted by molar-refractivity contribution is 7.91. The minimum Gasteiger partial charge on any atom is -0.545 e. The third kappa shape index (κ3) is 13.2. The molecule has 3 heterocycles. The number of nitrogens with two attached hydrogens (primary N) is 1. The Hall–Kier alpha value is -6.71. The summed E-state index contributed by atoms with van der Waals surface area (Å²) in [5.74, 6) is -8.26. The maximum absolute atomic E-state index is 15.4. The van der Waals surface area contributed by atoms with Gasteiger partial charge in [0.05, 0.1) is 34.7 Å². The number of rotatable bonds is 12. The van der Waals surface area contributed by atoms with E-state index in [0.29, 0.717) is 52.5 Å². The van der Waals surface area contributed by atoms with Gasteiger partial charge in [0.25, 0.3) is 0 Å². The average molecular weight is 851 g/mol. The van der Waals surface area contributed by atoms with E-state index in [-0.39, 0.29) is 28.7 Å². The smallest absolute Gasteiger partial charge is 0.328 e. The van der Waals surface area contributed by atoms with Crippen LogP contribution in [0.25, 0.3) is 22.2 Å².